The van der Waals surface area contributed by atoms with Crippen molar-refractivity contribution < 1.29 is 0 Å². The van der Waals surface area contributed by atoms with Gasteiger partial charge in [0, 0.05) is 14.1 Å². The van der Waals surface area contributed by atoms with E-state index in [9.17, 15) is 5.26 Å². The van der Waals surface area contributed by atoms with Crippen LogP contribution in [0, 0.1) is 45.3 Å². The predicted molar refractivity (Wildman–Crippen MR) is 78.0 cm³/mol. The Kier molecular flexibility index (Phi) is 5.11. The van der Waals surface area contributed by atoms with Gasteiger partial charge in [-0.3, -0.25) is 0 Å². The van der Waals surface area contributed by atoms with Crippen LogP contribution in [-0.2, 0) is 0 Å². The molecule has 0 radical (unpaired) electrons. The van der Waals surface area contributed by atoms with Gasteiger partial charge in [-0.25, -0.2) is 15.9 Å². The zero-order chi connectivity index (χ0) is 16.7. The van der Waals surface area contributed by atoms with Crippen LogP contribution in [0.1, 0.15) is 0 Å². The highest BCUT2D eigenvalue weighted by Gasteiger charge is 2.27. The lowest BCUT2D eigenvalue weighted by atomic mass is 10.0. The van der Waals surface area contributed by atoms with E-state index in [2.05, 4.69) is 9.98 Å². The van der Waals surface area contributed by atoms with E-state index in [-0.39, 0.29) is 28.3 Å². The SMILES string of the molecule is CN(C)C=NC1=N/C(=C(/C#N)C(=C=[N-])C#N)C(C#N)=C1C#N. The molecular weight excluding hydrogens is 280 g/mol. The van der Waals surface area contributed by atoms with Gasteiger partial charge >= 0.3 is 0 Å². The number of nitrogens with zero attached hydrogens (tertiary/aromatic N) is 8. The summed E-state index contributed by atoms with van der Waals surface area (Å²) in [6.45, 7) is 0. The summed E-state index contributed by atoms with van der Waals surface area (Å²) in [5.41, 5.74) is -1.33. The lowest BCUT2D eigenvalue weighted by Gasteiger charge is -2.01. The van der Waals surface area contributed by atoms with Crippen molar-refractivity contribution in [3.63, 3.8) is 0 Å². The number of rotatable bonds is 2. The Morgan fingerprint density at radius 3 is 2.18 bits per heavy atom. The van der Waals surface area contributed by atoms with E-state index in [1.165, 1.54) is 6.34 Å². The molecule has 0 aromatic heterocycles. The maximum Gasteiger partial charge on any atom is 0.173 e. The first-order valence-corrected chi connectivity index (χ1v) is 5.70. The molecule has 104 valence electrons. The molecule has 1 aliphatic rings. The van der Waals surface area contributed by atoms with Crippen molar-refractivity contribution >= 4 is 18.0 Å². The molecule has 0 spiro atoms. The van der Waals surface area contributed by atoms with Crippen LogP contribution in [0.5, 0.6) is 0 Å². The Labute approximate surface area is 126 Å². The number of nitriles is 4. The summed E-state index contributed by atoms with van der Waals surface area (Å²) >= 11 is 0. The minimum atomic E-state index is -0.482. The Morgan fingerprint density at radius 2 is 1.77 bits per heavy atom. The second kappa shape index (κ2) is 6.98. The molecule has 0 saturated carbocycles. The average Bonchev–Trinajstić information content (AvgIpc) is 2.87. The van der Waals surface area contributed by atoms with Crippen LogP contribution in [0.3, 0.4) is 0 Å². The van der Waals surface area contributed by atoms with Gasteiger partial charge in [-0.1, -0.05) is 0 Å². The molecule has 0 bridgehead atoms. The number of hydrogen-bond donors (Lipinski definition) is 0. The van der Waals surface area contributed by atoms with Crippen LogP contribution in [0.15, 0.2) is 38.0 Å². The van der Waals surface area contributed by atoms with E-state index in [1.807, 2.05) is 0 Å². The molecule has 8 nitrogen and oxygen atoms in total. The first-order chi connectivity index (χ1) is 10.5. The summed E-state index contributed by atoms with van der Waals surface area (Å²) < 4.78 is 0. The molecule has 0 aromatic rings. The summed E-state index contributed by atoms with van der Waals surface area (Å²) in [6.07, 6.45) is 1.37. The van der Waals surface area contributed by atoms with Gasteiger partial charge in [0.25, 0.3) is 0 Å². The van der Waals surface area contributed by atoms with E-state index in [4.69, 9.17) is 21.2 Å². The maximum atomic E-state index is 9.19. The monoisotopic (exact) mass is 287 g/mol. The second-order valence-corrected chi connectivity index (χ2v) is 4.05. The van der Waals surface area contributed by atoms with Crippen molar-refractivity contribution in [1.29, 1.82) is 21.0 Å². The van der Waals surface area contributed by atoms with E-state index in [0.29, 0.717) is 0 Å². The minimum Gasteiger partial charge on any atom is -0.762 e. The molecule has 0 N–H and O–H groups in total. The lowest BCUT2D eigenvalue weighted by molar-refractivity contribution is 0.644. The molecule has 0 amide bonds. The summed E-state index contributed by atoms with van der Waals surface area (Å²) in [5, 5.41) is 45.2. The Balaban J connectivity index is 3.71. The fourth-order valence-corrected chi connectivity index (χ4v) is 1.47. The highest BCUT2D eigenvalue weighted by atomic mass is 15.1. The van der Waals surface area contributed by atoms with Gasteiger partial charge in [-0.05, 0) is 0 Å². The Bertz CT molecular complexity index is 846. The van der Waals surface area contributed by atoms with E-state index in [0.717, 1.165) is 0 Å². The summed E-state index contributed by atoms with van der Waals surface area (Å²) in [7, 11) is 3.41. The van der Waals surface area contributed by atoms with Gasteiger partial charge in [-0.15, -0.1) is 0 Å². The van der Waals surface area contributed by atoms with E-state index < -0.39 is 5.57 Å². The van der Waals surface area contributed by atoms with Gasteiger partial charge in [0.15, 0.2) is 5.84 Å². The first kappa shape index (κ1) is 16.1. The first-order valence-electron chi connectivity index (χ1n) is 5.70. The second-order valence-electron chi connectivity index (χ2n) is 4.05. The van der Waals surface area contributed by atoms with Crippen molar-refractivity contribution in [1.82, 2.24) is 4.90 Å². The summed E-state index contributed by atoms with van der Waals surface area (Å²) in [6, 6.07) is 6.80. The van der Waals surface area contributed by atoms with Gasteiger partial charge in [0.05, 0.1) is 11.9 Å². The standard InChI is InChI=1S/C14H7N8/c1-22(2)8-20-14-12(7-19)11(6-18)13(21-14)10(5-17)9(3-15)4-16/h8H,1-2H3/q-1/b13-10-,20-8?. The lowest BCUT2D eigenvalue weighted by Crippen LogP contribution is -2.09. The average molecular weight is 287 g/mol. The van der Waals surface area contributed by atoms with Crippen LogP contribution >= 0.6 is 0 Å². The van der Waals surface area contributed by atoms with Crippen LogP contribution in [-0.4, -0.2) is 37.0 Å². The number of allylic oxidation sites excluding steroid dienone is 3. The minimum absolute atomic E-state index is 0.0503. The quantitative estimate of drug-likeness (QED) is 0.418. The van der Waals surface area contributed by atoms with Crippen molar-refractivity contribution in [3.05, 3.63) is 33.4 Å². The van der Waals surface area contributed by atoms with Gasteiger partial charge in [0.2, 0.25) is 0 Å². The molecule has 1 heterocycles. The highest BCUT2D eigenvalue weighted by molar-refractivity contribution is 6.10. The van der Waals surface area contributed by atoms with Gasteiger partial charge in [-0.2, -0.15) is 21.0 Å². The fraction of sp³-hybridized carbons (Fsp3) is 0.143. The molecule has 0 unspecified atom stereocenters. The van der Waals surface area contributed by atoms with Crippen molar-refractivity contribution in [2.75, 3.05) is 14.1 Å². The smallest absolute Gasteiger partial charge is 0.173 e. The zero-order valence-corrected chi connectivity index (χ0v) is 11.7. The zero-order valence-electron chi connectivity index (χ0n) is 11.7. The molecule has 0 fully saturated rings. The molecule has 1 rings (SSSR count). The number of aliphatic imine (C=N–C) groups is 2. The van der Waals surface area contributed by atoms with E-state index in [1.54, 1.807) is 49.1 Å². The predicted octanol–water partition coefficient (Wildman–Crippen LogP) is 0.799. The molecule has 0 aliphatic carbocycles. The summed E-state index contributed by atoms with van der Waals surface area (Å²) in [5.74, 6) is 1.52. The molecular formula is C14H7N8-. The third kappa shape index (κ3) is 2.95. The van der Waals surface area contributed by atoms with Crippen molar-refractivity contribution in [2.45, 2.75) is 0 Å². The van der Waals surface area contributed by atoms with E-state index >= 15 is 0 Å². The molecule has 1 aliphatic heterocycles. The molecule has 22 heavy (non-hydrogen) atoms. The van der Waals surface area contributed by atoms with Crippen LogP contribution < -0.4 is 0 Å². The number of amidine groups is 1. The molecule has 0 atom stereocenters. The van der Waals surface area contributed by atoms with Crippen molar-refractivity contribution in [3.8, 4) is 24.3 Å². The normalized spacial score (nSPS) is 15.1. The Morgan fingerprint density at radius 1 is 1.14 bits per heavy atom. The molecule has 0 aromatic carbocycles. The molecule has 0 saturated heterocycles. The Hall–Kier alpha value is -3.97. The third-order valence-electron chi connectivity index (χ3n) is 2.38. The maximum absolute atomic E-state index is 9.19. The van der Waals surface area contributed by atoms with Crippen LogP contribution in [0.2, 0.25) is 0 Å². The fourth-order valence-electron chi connectivity index (χ4n) is 1.47. The van der Waals surface area contributed by atoms with Crippen LogP contribution in [0.4, 0.5) is 0 Å². The van der Waals surface area contributed by atoms with Gasteiger partial charge < -0.3 is 10.3 Å². The number of hydrogen-bond acceptors (Lipinski definition) is 6. The summed E-state index contributed by atoms with van der Waals surface area (Å²) in [4.78, 5) is 9.51. The largest absolute Gasteiger partial charge is 0.762 e. The third-order valence-corrected chi connectivity index (χ3v) is 2.38. The topological polar surface area (TPSA) is 145 Å². The highest BCUT2D eigenvalue weighted by Crippen LogP contribution is 2.29. The van der Waals surface area contributed by atoms with Crippen molar-refractivity contribution in [2.24, 2.45) is 9.98 Å². The van der Waals surface area contributed by atoms with Crippen LogP contribution in [0.25, 0.3) is 5.41 Å². The van der Waals surface area contributed by atoms with Gasteiger partial charge in [0.1, 0.15) is 46.7 Å². The molecule has 8 heteroatoms.